The summed E-state index contributed by atoms with van der Waals surface area (Å²) < 4.78 is 10.6. The summed E-state index contributed by atoms with van der Waals surface area (Å²) in [6.07, 6.45) is 4.13. The average Bonchev–Trinajstić information content (AvgIpc) is 2.39. The minimum atomic E-state index is -0.645. The highest BCUT2D eigenvalue weighted by molar-refractivity contribution is 5.63. The molecule has 0 bridgehead atoms. The van der Waals surface area contributed by atoms with Gasteiger partial charge in [0.25, 0.3) is 0 Å². The number of hydrogen-bond donors (Lipinski definition) is 0. The first-order valence-electron chi connectivity index (χ1n) is 7.35. The number of pyridine rings is 1. The van der Waals surface area contributed by atoms with Crippen molar-refractivity contribution in [3.63, 3.8) is 0 Å². The number of nitrogens with zero attached hydrogens (tertiary/aromatic N) is 1. The smallest absolute Gasteiger partial charge is 0.430 e. The molecule has 1 aliphatic rings. The lowest BCUT2D eigenvalue weighted by Gasteiger charge is -2.36. The Labute approximate surface area is 120 Å². The normalized spacial score (nSPS) is 26.3. The summed E-state index contributed by atoms with van der Waals surface area (Å²) in [5, 5.41) is 0. The van der Waals surface area contributed by atoms with Gasteiger partial charge in [-0.05, 0) is 36.7 Å². The van der Waals surface area contributed by atoms with Crippen molar-refractivity contribution in [3.05, 3.63) is 24.4 Å². The van der Waals surface area contributed by atoms with Crippen molar-refractivity contribution in [1.82, 2.24) is 4.98 Å². The second-order valence-electron chi connectivity index (χ2n) is 6.00. The fourth-order valence-corrected chi connectivity index (χ4v) is 2.89. The van der Waals surface area contributed by atoms with E-state index in [-0.39, 0.29) is 12.0 Å². The van der Waals surface area contributed by atoms with Gasteiger partial charge >= 0.3 is 6.16 Å². The molecule has 4 heteroatoms. The zero-order valence-electron chi connectivity index (χ0n) is 12.4. The van der Waals surface area contributed by atoms with E-state index in [1.807, 2.05) is 0 Å². The summed E-state index contributed by atoms with van der Waals surface area (Å²) in [7, 11) is 0. The molecule has 4 nitrogen and oxygen atoms in total. The average molecular weight is 277 g/mol. The lowest BCUT2D eigenvalue weighted by atomic mass is 9.75. The number of ether oxygens (including phenoxy) is 2. The van der Waals surface area contributed by atoms with Crippen molar-refractivity contribution in [2.75, 3.05) is 0 Å². The molecule has 0 aliphatic heterocycles. The van der Waals surface area contributed by atoms with Crippen LogP contribution in [0.1, 0.15) is 40.0 Å². The van der Waals surface area contributed by atoms with Gasteiger partial charge in [-0.1, -0.05) is 33.3 Å². The molecule has 1 aromatic rings. The Morgan fingerprint density at radius 3 is 2.80 bits per heavy atom. The minimum absolute atomic E-state index is 0.0463. The molecular formula is C16H23NO3. The molecule has 1 saturated carbocycles. The largest absolute Gasteiger partial charge is 0.515 e. The highest BCUT2D eigenvalue weighted by Crippen LogP contribution is 2.35. The number of carbonyl (C=O) groups excluding carboxylic acids is 1. The van der Waals surface area contributed by atoms with Gasteiger partial charge in [-0.2, -0.15) is 0 Å². The van der Waals surface area contributed by atoms with Crippen LogP contribution in [-0.4, -0.2) is 17.2 Å². The summed E-state index contributed by atoms with van der Waals surface area (Å²) in [6.45, 7) is 6.57. The van der Waals surface area contributed by atoms with Crippen molar-refractivity contribution in [2.45, 2.75) is 46.1 Å². The molecule has 0 N–H and O–H groups in total. The third-order valence-electron chi connectivity index (χ3n) is 4.03. The quantitative estimate of drug-likeness (QED) is 0.782. The lowest BCUT2D eigenvalue weighted by Crippen LogP contribution is -2.36. The van der Waals surface area contributed by atoms with Crippen molar-refractivity contribution >= 4 is 6.16 Å². The van der Waals surface area contributed by atoms with Crippen LogP contribution in [0.25, 0.3) is 0 Å². The molecule has 0 aromatic carbocycles. The van der Waals surface area contributed by atoms with Crippen LogP contribution in [0.5, 0.6) is 5.88 Å². The van der Waals surface area contributed by atoms with Crippen LogP contribution in [0.3, 0.4) is 0 Å². The van der Waals surface area contributed by atoms with Crippen LogP contribution < -0.4 is 4.74 Å². The predicted molar refractivity (Wildman–Crippen MR) is 76.5 cm³/mol. The van der Waals surface area contributed by atoms with Crippen molar-refractivity contribution < 1.29 is 14.3 Å². The van der Waals surface area contributed by atoms with Gasteiger partial charge in [0.1, 0.15) is 6.10 Å². The zero-order valence-corrected chi connectivity index (χ0v) is 12.4. The van der Waals surface area contributed by atoms with Crippen LogP contribution >= 0.6 is 0 Å². The van der Waals surface area contributed by atoms with Crippen LogP contribution in [0.4, 0.5) is 4.79 Å². The standard InChI is InChI=1S/C16H23NO3/c1-11(2)13-8-7-12(3)10-14(13)19-16(18)20-15-6-4-5-9-17-15/h4-6,9,11-14H,7-8,10H2,1-3H3/t12-,13+,14-/m1/s1. The van der Waals surface area contributed by atoms with Gasteiger partial charge in [0.05, 0.1) is 0 Å². The van der Waals surface area contributed by atoms with E-state index in [0.29, 0.717) is 17.8 Å². The number of aromatic nitrogens is 1. The highest BCUT2D eigenvalue weighted by Gasteiger charge is 2.33. The Morgan fingerprint density at radius 1 is 1.35 bits per heavy atom. The molecule has 1 fully saturated rings. The lowest BCUT2D eigenvalue weighted by molar-refractivity contribution is -0.0142. The Balaban J connectivity index is 1.94. The van der Waals surface area contributed by atoms with E-state index in [2.05, 4.69) is 25.8 Å². The molecule has 0 radical (unpaired) electrons. The molecule has 1 aliphatic carbocycles. The second-order valence-corrected chi connectivity index (χ2v) is 6.00. The topological polar surface area (TPSA) is 48.4 Å². The minimum Gasteiger partial charge on any atom is -0.430 e. The van der Waals surface area contributed by atoms with Gasteiger partial charge in [0, 0.05) is 12.3 Å². The molecule has 0 saturated heterocycles. The Morgan fingerprint density at radius 2 is 2.15 bits per heavy atom. The molecular weight excluding hydrogens is 254 g/mol. The van der Waals surface area contributed by atoms with E-state index in [1.165, 1.54) is 6.42 Å². The van der Waals surface area contributed by atoms with Crippen LogP contribution in [0.2, 0.25) is 0 Å². The maximum Gasteiger partial charge on any atom is 0.515 e. The fraction of sp³-hybridized carbons (Fsp3) is 0.625. The molecule has 1 aromatic heterocycles. The summed E-state index contributed by atoms with van der Waals surface area (Å²) in [4.78, 5) is 15.8. The second kappa shape index (κ2) is 6.73. The van der Waals surface area contributed by atoms with Gasteiger partial charge in [-0.25, -0.2) is 9.78 Å². The van der Waals surface area contributed by atoms with Gasteiger partial charge in [0.2, 0.25) is 5.88 Å². The van der Waals surface area contributed by atoms with Crippen LogP contribution in [0, 0.1) is 17.8 Å². The van der Waals surface area contributed by atoms with Crippen molar-refractivity contribution in [2.24, 2.45) is 17.8 Å². The SMILES string of the molecule is CC(C)[C@@H]1CC[C@@H](C)C[C@H]1OC(=O)Oc1ccccn1. The summed E-state index contributed by atoms with van der Waals surface area (Å²) in [5.41, 5.74) is 0. The van der Waals surface area contributed by atoms with Gasteiger partial charge in [-0.15, -0.1) is 0 Å². The third-order valence-corrected chi connectivity index (χ3v) is 4.03. The first-order valence-corrected chi connectivity index (χ1v) is 7.35. The molecule has 110 valence electrons. The monoisotopic (exact) mass is 277 g/mol. The molecule has 0 spiro atoms. The summed E-state index contributed by atoms with van der Waals surface area (Å²) in [6, 6.07) is 5.19. The first-order chi connectivity index (χ1) is 9.56. The molecule has 0 amide bonds. The molecule has 2 rings (SSSR count). The Kier molecular flexibility index (Phi) is 4.99. The van der Waals surface area contributed by atoms with Crippen LogP contribution in [0.15, 0.2) is 24.4 Å². The van der Waals surface area contributed by atoms with Gasteiger partial charge in [-0.3, -0.25) is 0 Å². The first kappa shape index (κ1) is 14.8. The van der Waals surface area contributed by atoms with Gasteiger partial charge < -0.3 is 9.47 Å². The van der Waals surface area contributed by atoms with Crippen LogP contribution in [-0.2, 0) is 4.74 Å². The number of hydrogen-bond acceptors (Lipinski definition) is 4. The molecule has 0 unspecified atom stereocenters. The van der Waals surface area contributed by atoms with E-state index in [1.54, 1.807) is 24.4 Å². The van der Waals surface area contributed by atoms with Crippen molar-refractivity contribution in [1.29, 1.82) is 0 Å². The van der Waals surface area contributed by atoms with E-state index in [4.69, 9.17) is 9.47 Å². The molecule has 1 heterocycles. The maximum absolute atomic E-state index is 11.9. The fourth-order valence-electron chi connectivity index (χ4n) is 2.89. The maximum atomic E-state index is 11.9. The summed E-state index contributed by atoms with van der Waals surface area (Å²) >= 11 is 0. The highest BCUT2D eigenvalue weighted by atomic mass is 16.7. The summed E-state index contributed by atoms with van der Waals surface area (Å²) in [5.74, 6) is 1.80. The van der Waals surface area contributed by atoms with E-state index < -0.39 is 6.16 Å². The van der Waals surface area contributed by atoms with E-state index in [0.717, 1.165) is 12.8 Å². The molecule has 20 heavy (non-hydrogen) atoms. The van der Waals surface area contributed by atoms with E-state index in [9.17, 15) is 4.79 Å². The number of carbonyl (C=O) groups is 1. The van der Waals surface area contributed by atoms with Crippen molar-refractivity contribution in [3.8, 4) is 5.88 Å². The predicted octanol–water partition coefficient (Wildman–Crippen LogP) is 4.06. The molecule has 3 atom stereocenters. The Bertz CT molecular complexity index is 433. The number of rotatable bonds is 3. The Hall–Kier alpha value is -1.58. The van der Waals surface area contributed by atoms with E-state index >= 15 is 0 Å². The zero-order chi connectivity index (χ0) is 14.5. The third kappa shape index (κ3) is 3.95. The van der Waals surface area contributed by atoms with Gasteiger partial charge in [0.15, 0.2) is 0 Å².